The van der Waals surface area contributed by atoms with E-state index in [9.17, 15) is 4.79 Å². The van der Waals surface area contributed by atoms with Crippen LogP contribution in [0.2, 0.25) is 0 Å². The Morgan fingerprint density at radius 3 is 2.76 bits per heavy atom. The van der Waals surface area contributed by atoms with E-state index in [0.29, 0.717) is 13.2 Å². The van der Waals surface area contributed by atoms with E-state index in [1.807, 2.05) is 18.2 Å². The smallest absolute Gasteiger partial charge is 0.317 e. The lowest BCUT2D eigenvalue weighted by Gasteiger charge is -2.22. The van der Waals surface area contributed by atoms with Gasteiger partial charge in [-0.25, -0.2) is 4.79 Å². The van der Waals surface area contributed by atoms with Crippen molar-refractivity contribution in [2.75, 3.05) is 26.2 Å². The van der Waals surface area contributed by atoms with Gasteiger partial charge >= 0.3 is 6.03 Å². The van der Waals surface area contributed by atoms with Crippen LogP contribution in [0, 0.1) is 0 Å². The van der Waals surface area contributed by atoms with Crippen molar-refractivity contribution >= 4 is 6.03 Å². The second kappa shape index (κ2) is 6.80. The van der Waals surface area contributed by atoms with Gasteiger partial charge in [0.05, 0.1) is 6.54 Å². The Hall–Kier alpha value is -1.75. The molecule has 2 N–H and O–H groups in total. The van der Waals surface area contributed by atoms with Crippen LogP contribution in [0.1, 0.15) is 26.3 Å². The van der Waals surface area contributed by atoms with Crippen molar-refractivity contribution in [2.24, 2.45) is 0 Å². The van der Waals surface area contributed by atoms with Gasteiger partial charge in [0.15, 0.2) is 0 Å². The molecule has 2 rings (SSSR count). The van der Waals surface area contributed by atoms with Crippen molar-refractivity contribution in [3.05, 3.63) is 29.8 Å². The van der Waals surface area contributed by atoms with Crippen LogP contribution >= 0.6 is 0 Å². The van der Waals surface area contributed by atoms with Crippen molar-refractivity contribution in [3.8, 4) is 5.75 Å². The van der Waals surface area contributed by atoms with Crippen LogP contribution in [0.4, 0.5) is 4.79 Å². The first kappa shape index (κ1) is 15.6. The molecule has 0 aliphatic carbocycles. The summed E-state index contributed by atoms with van der Waals surface area (Å²) in [6.45, 7) is 9.81. The lowest BCUT2D eigenvalue weighted by Crippen LogP contribution is -2.35. The molecule has 2 amide bonds. The molecule has 0 radical (unpaired) electrons. The predicted octanol–water partition coefficient (Wildman–Crippen LogP) is 1.98. The molecule has 1 aliphatic rings. The molecule has 1 saturated heterocycles. The first-order valence-corrected chi connectivity index (χ1v) is 7.44. The number of nitrogens with zero attached hydrogens (tertiary/aromatic N) is 1. The Labute approximate surface area is 126 Å². The zero-order chi connectivity index (χ0) is 15.3. The van der Waals surface area contributed by atoms with E-state index in [4.69, 9.17) is 4.74 Å². The molecule has 1 heterocycles. The summed E-state index contributed by atoms with van der Waals surface area (Å²) in [5.41, 5.74) is 1.21. The summed E-state index contributed by atoms with van der Waals surface area (Å²) in [6, 6.07) is 8.03. The van der Waals surface area contributed by atoms with Gasteiger partial charge in [-0.2, -0.15) is 0 Å². The molecule has 5 heteroatoms. The summed E-state index contributed by atoms with van der Waals surface area (Å²) in [5, 5.41) is 6.25. The van der Waals surface area contributed by atoms with Gasteiger partial charge < -0.3 is 20.3 Å². The van der Waals surface area contributed by atoms with E-state index < -0.39 is 0 Å². The summed E-state index contributed by atoms with van der Waals surface area (Å²) in [4.78, 5) is 13.2. The zero-order valence-electron chi connectivity index (χ0n) is 13.1. The van der Waals surface area contributed by atoms with Crippen LogP contribution < -0.4 is 15.4 Å². The zero-order valence-corrected chi connectivity index (χ0v) is 13.1. The highest BCUT2D eigenvalue weighted by Gasteiger charge is 2.19. The van der Waals surface area contributed by atoms with E-state index in [0.717, 1.165) is 30.9 Å². The third-order valence-corrected chi connectivity index (χ3v) is 3.35. The fourth-order valence-electron chi connectivity index (χ4n) is 2.14. The maximum Gasteiger partial charge on any atom is 0.317 e. The molecule has 1 fully saturated rings. The second-order valence-corrected chi connectivity index (χ2v) is 6.28. The number of benzene rings is 1. The molecule has 0 aromatic heterocycles. The van der Waals surface area contributed by atoms with E-state index in [1.165, 1.54) is 0 Å². The molecule has 1 aromatic carbocycles. The van der Waals surface area contributed by atoms with Crippen LogP contribution in [-0.2, 0) is 6.54 Å². The third kappa shape index (κ3) is 4.93. The normalized spacial score (nSPS) is 15.2. The average Bonchev–Trinajstić information content (AvgIpc) is 2.82. The Balaban J connectivity index is 1.86. The standard InChI is InChI=1S/C16H25N3O2/c1-16(2,3)18-12-13-6-4-5-7-14(13)21-11-10-19-9-8-17-15(19)20/h4-7,18H,8-12H2,1-3H3,(H,17,20). The van der Waals surface area contributed by atoms with Gasteiger partial charge in [0.25, 0.3) is 0 Å². The van der Waals surface area contributed by atoms with E-state index in [1.54, 1.807) is 4.90 Å². The maximum atomic E-state index is 11.4. The molecule has 0 unspecified atom stereocenters. The van der Waals surface area contributed by atoms with Crippen molar-refractivity contribution in [3.63, 3.8) is 0 Å². The predicted molar refractivity (Wildman–Crippen MR) is 83.5 cm³/mol. The van der Waals surface area contributed by atoms with Gasteiger partial charge in [-0.3, -0.25) is 0 Å². The number of amides is 2. The number of hydrogen-bond donors (Lipinski definition) is 2. The Morgan fingerprint density at radius 2 is 2.10 bits per heavy atom. The number of carbonyl (C=O) groups is 1. The van der Waals surface area contributed by atoms with Gasteiger partial charge in [0.2, 0.25) is 0 Å². The number of para-hydroxylation sites is 1. The quantitative estimate of drug-likeness (QED) is 0.842. The molecule has 0 bridgehead atoms. The number of ether oxygens (including phenoxy) is 1. The number of nitrogens with one attached hydrogen (secondary N) is 2. The molecular weight excluding hydrogens is 266 g/mol. The number of hydrogen-bond acceptors (Lipinski definition) is 3. The van der Waals surface area contributed by atoms with Crippen LogP contribution in [0.3, 0.4) is 0 Å². The Morgan fingerprint density at radius 1 is 1.33 bits per heavy atom. The van der Waals surface area contributed by atoms with Crippen molar-refractivity contribution < 1.29 is 9.53 Å². The highest BCUT2D eigenvalue weighted by molar-refractivity contribution is 5.76. The molecule has 0 saturated carbocycles. The van der Waals surface area contributed by atoms with Crippen molar-refractivity contribution in [2.45, 2.75) is 32.9 Å². The third-order valence-electron chi connectivity index (χ3n) is 3.35. The molecular formula is C16H25N3O2. The van der Waals surface area contributed by atoms with Crippen LogP contribution in [0.25, 0.3) is 0 Å². The Kier molecular flexibility index (Phi) is 5.07. The summed E-state index contributed by atoms with van der Waals surface area (Å²) >= 11 is 0. The highest BCUT2D eigenvalue weighted by atomic mass is 16.5. The molecule has 5 nitrogen and oxygen atoms in total. The molecule has 116 valence electrons. The van der Waals surface area contributed by atoms with E-state index in [-0.39, 0.29) is 11.6 Å². The molecule has 1 aromatic rings. The maximum absolute atomic E-state index is 11.4. The lowest BCUT2D eigenvalue weighted by atomic mass is 10.1. The molecule has 21 heavy (non-hydrogen) atoms. The monoisotopic (exact) mass is 291 g/mol. The average molecular weight is 291 g/mol. The van der Waals surface area contributed by atoms with Crippen LogP contribution in [-0.4, -0.2) is 42.7 Å². The second-order valence-electron chi connectivity index (χ2n) is 6.28. The first-order valence-electron chi connectivity index (χ1n) is 7.44. The number of carbonyl (C=O) groups excluding carboxylic acids is 1. The van der Waals surface area contributed by atoms with Gasteiger partial charge in [-0.1, -0.05) is 18.2 Å². The van der Waals surface area contributed by atoms with Crippen molar-refractivity contribution in [1.29, 1.82) is 0 Å². The van der Waals surface area contributed by atoms with Gasteiger partial charge in [0, 0.05) is 30.7 Å². The fraction of sp³-hybridized carbons (Fsp3) is 0.562. The minimum atomic E-state index is 0.00119. The largest absolute Gasteiger partial charge is 0.491 e. The van der Waals surface area contributed by atoms with E-state index in [2.05, 4.69) is 37.5 Å². The number of urea groups is 1. The van der Waals surface area contributed by atoms with Crippen LogP contribution in [0.15, 0.2) is 24.3 Å². The molecule has 1 aliphatic heterocycles. The highest BCUT2D eigenvalue weighted by Crippen LogP contribution is 2.18. The summed E-state index contributed by atoms with van der Waals surface area (Å²) in [5.74, 6) is 0.883. The SMILES string of the molecule is CC(C)(C)NCc1ccccc1OCCN1CCNC1=O. The lowest BCUT2D eigenvalue weighted by molar-refractivity contribution is 0.202. The Bertz CT molecular complexity index is 483. The van der Waals surface area contributed by atoms with Gasteiger partial charge in [0.1, 0.15) is 12.4 Å². The first-order chi connectivity index (χ1) is 9.96. The molecule has 0 spiro atoms. The van der Waals surface area contributed by atoms with Crippen molar-refractivity contribution in [1.82, 2.24) is 15.5 Å². The minimum Gasteiger partial charge on any atom is -0.491 e. The summed E-state index contributed by atoms with van der Waals surface area (Å²) in [7, 11) is 0. The van der Waals surface area contributed by atoms with Gasteiger partial charge in [-0.15, -0.1) is 0 Å². The van der Waals surface area contributed by atoms with Crippen LogP contribution in [0.5, 0.6) is 5.75 Å². The fourth-order valence-corrected chi connectivity index (χ4v) is 2.14. The summed E-state index contributed by atoms with van der Waals surface area (Å²) < 4.78 is 5.85. The summed E-state index contributed by atoms with van der Waals surface area (Å²) in [6.07, 6.45) is 0. The van der Waals surface area contributed by atoms with E-state index >= 15 is 0 Å². The number of rotatable bonds is 6. The topological polar surface area (TPSA) is 53.6 Å². The minimum absolute atomic E-state index is 0.00119. The molecule has 0 atom stereocenters. The van der Waals surface area contributed by atoms with Gasteiger partial charge in [-0.05, 0) is 26.8 Å².